The summed E-state index contributed by atoms with van der Waals surface area (Å²) in [6.45, 7) is 3.99. The summed E-state index contributed by atoms with van der Waals surface area (Å²) in [6.07, 6.45) is 0. The second-order valence-corrected chi connectivity index (χ2v) is 4.18. The van der Waals surface area contributed by atoms with Crippen molar-refractivity contribution in [2.45, 2.75) is 13.8 Å². The predicted molar refractivity (Wildman–Crippen MR) is 70.5 cm³/mol. The number of anilines is 1. The molecule has 2 N–H and O–H groups in total. The normalized spacial score (nSPS) is 9.94. The molecule has 0 bridgehead atoms. The van der Waals surface area contributed by atoms with Crippen LogP contribution >= 0.6 is 0 Å². The average molecular weight is 222 g/mol. The van der Waals surface area contributed by atoms with Crippen LogP contribution in [-0.4, -0.2) is 0 Å². The first-order valence-corrected chi connectivity index (χ1v) is 5.49. The summed E-state index contributed by atoms with van der Waals surface area (Å²) in [6, 6.07) is 14.2. The molecule has 0 spiro atoms. The van der Waals surface area contributed by atoms with E-state index in [2.05, 4.69) is 37.3 Å². The molecule has 2 aromatic rings. The van der Waals surface area contributed by atoms with E-state index in [9.17, 15) is 0 Å². The van der Waals surface area contributed by atoms with E-state index in [1.807, 2.05) is 13.0 Å². The van der Waals surface area contributed by atoms with Crippen molar-refractivity contribution in [3.05, 3.63) is 53.1 Å². The summed E-state index contributed by atoms with van der Waals surface area (Å²) >= 11 is 0. The number of hydrogen-bond donors (Lipinski definition) is 1. The van der Waals surface area contributed by atoms with Gasteiger partial charge in [-0.15, -0.1) is 0 Å². The number of nitrogen functional groups attached to an aromatic ring is 1. The lowest BCUT2D eigenvalue weighted by atomic mass is 9.95. The van der Waals surface area contributed by atoms with Crippen LogP contribution < -0.4 is 5.73 Å². The van der Waals surface area contributed by atoms with Crippen molar-refractivity contribution in [1.82, 2.24) is 0 Å². The summed E-state index contributed by atoms with van der Waals surface area (Å²) < 4.78 is 0. The largest absolute Gasteiger partial charge is 0.398 e. The van der Waals surface area contributed by atoms with E-state index >= 15 is 0 Å². The molecule has 0 saturated carbocycles. The minimum absolute atomic E-state index is 0.542. The van der Waals surface area contributed by atoms with E-state index in [-0.39, 0.29) is 0 Å². The number of nitrogens with two attached hydrogens (primary N) is 1. The number of nitriles is 1. The molecule has 2 heteroatoms. The standard InChI is InChI=1S/C15H14N2/c1-10-3-5-12(6-4-10)13-7-8-15(17)14(9-16)11(13)2/h3-8H,17H2,1-2H3. The number of aryl methyl sites for hydroxylation is 1. The van der Waals surface area contributed by atoms with Crippen LogP contribution in [0, 0.1) is 25.2 Å². The average Bonchev–Trinajstić information content (AvgIpc) is 2.31. The van der Waals surface area contributed by atoms with Gasteiger partial charge in [-0.05, 0) is 36.6 Å². The number of benzene rings is 2. The van der Waals surface area contributed by atoms with Gasteiger partial charge in [-0.25, -0.2) is 0 Å². The maximum Gasteiger partial charge on any atom is 0.102 e. The van der Waals surface area contributed by atoms with E-state index in [1.54, 1.807) is 6.07 Å². The summed E-state index contributed by atoms with van der Waals surface area (Å²) in [4.78, 5) is 0. The minimum atomic E-state index is 0.542. The summed E-state index contributed by atoms with van der Waals surface area (Å²) in [7, 11) is 0. The summed E-state index contributed by atoms with van der Waals surface area (Å²) in [5.74, 6) is 0. The molecule has 17 heavy (non-hydrogen) atoms. The maximum atomic E-state index is 9.08. The summed E-state index contributed by atoms with van der Waals surface area (Å²) in [5.41, 5.74) is 11.2. The third-order valence-electron chi connectivity index (χ3n) is 2.97. The molecule has 0 aliphatic rings. The van der Waals surface area contributed by atoms with Crippen molar-refractivity contribution < 1.29 is 0 Å². The molecule has 0 radical (unpaired) electrons. The Hall–Kier alpha value is -2.27. The first kappa shape index (κ1) is 11.2. The van der Waals surface area contributed by atoms with Crippen LogP contribution in [-0.2, 0) is 0 Å². The van der Waals surface area contributed by atoms with Gasteiger partial charge in [0.2, 0.25) is 0 Å². The van der Waals surface area contributed by atoms with Crippen LogP contribution in [0.25, 0.3) is 11.1 Å². The molecule has 0 atom stereocenters. The SMILES string of the molecule is Cc1ccc(-c2ccc(N)c(C#N)c2C)cc1. The lowest BCUT2D eigenvalue weighted by Gasteiger charge is -2.09. The second-order valence-electron chi connectivity index (χ2n) is 4.18. The number of hydrogen-bond acceptors (Lipinski definition) is 2. The van der Waals surface area contributed by atoms with Gasteiger partial charge < -0.3 is 5.73 Å². The molecular formula is C15H14N2. The number of nitrogens with zero attached hydrogens (tertiary/aromatic N) is 1. The van der Waals surface area contributed by atoms with Crippen molar-refractivity contribution in [2.75, 3.05) is 5.73 Å². The molecule has 0 fully saturated rings. The lowest BCUT2D eigenvalue weighted by Crippen LogP contribution is -1.95. The van der Waals surface area contributed by atoms with Crippen LogP contribution in [0.2, 0.25) is 0 Å². The molecule has 2 nitrogen and oxygen atoms in total. The quantitative estimate of drug-likeness (QED) is 0.751. The Kier molecular flexibility index (Phi) is 2.84. The zero-order chi connectivity index (χ0) is 12.4. The van der Waals surface area contributed by atoms with Crippen molar-refractivity contribution >= 4 is 5.69 Å². The molecule has 0 aromatic heterocycles. The fraction of sp³-hybridized carbons (Fsp3) is 0.133. The van der Waals surface area contributed by atoms with E-state index in [1.165, 1.54) is 5.56 Å². The van der Waals surface area contributed by atoms with Gasteiger partial charge in [0, 0.05) is 5.69 Å². The van der Waals surface area contributed by atoms with Gasteiger partial charge >= 0.3 is 0 Å². The van der Waals surface area contributed by atoms with Gasteiger partial charge in [0.05, 0.1) is 5.56 Å². The van der Waals surface area contributed by atoms with E-state index in [0.717, 1.165) is 16.7 Å². The molecule has 2 aromatic carbocycles. The van der Waals surface area contributed by atoms with E-state index in [4.69, 9.17) is 11.0 Å². The van der Waals surface area contributed by atoms with Gasteiger partial charge in [-0.3, -0.25) is 0 Å². The summed E-state index contributed by atoms with van der Waals surface area (Å²) in [5, 5.41) is 9.08. The Labute approximate surface area is 101 Å². The first-order chi connectivity index (χ1) is 8.13. The second kappa shape index (κ2) is 4.31. The minimum Gasteiger partial charge on any atom is -0.398 e. The highest BCUT2D eigenvalue weighted by Crippen LogP contribution is 2.28. The molecule has 2 rings (SSSR count). The zero-order valence-electron chi connectivity index (χ0n) is 9.99. The molecule has 84 valence electrons. The topological polar surface area (TPSA) is 49.8 Å². The van der Waals surface area contributed by atoms with Crippen LogP contribution in [0.4, 0.5) is 5.69 Å². The highest BCUT2D eigenvalue weighted by molar-refractivity contribution is 5.74. The molecule has 0 saturated heterocycles. The van der Waals surface area contributed by atoms with Gasteiger partial charge in [0.15, 0.2) is 0 Å². The van der Waals surface area contributed by atoms with Gasteiger partial charge in [-0.2, -0.15) is 5.26 Å². The first-order valence-electron chi connectivity index (χ1n) is 5.49. The third kappa shape index (κ3) is 2.00. The van der Waals surface area contributed by atoms with Crippen molar-refractivity contribution in [2.24, 2.45) is 0 Å². The Morgan fingerprint density at radius 1 is 1.00 bits per heavy atom. The molecule has 0 aliphatic carbocycles. The fourth-order valence-corrected chi connectivity index (χ4v) is 1.93. The Morgan fingerprint density at radius 3 is 2.24 bits per heavy atom. The number of rotatable bonds is 1. The Balaban J connectivity index is 2.61. The monoisotopic (exact) mass is 222 g/mol. The molecular weight excluding hydrogens is 208 g/mol. The van der Waals surface area contributed by atoms with Crippen molar-refractivity contribution in [1.29, 1.82) is 5.26 Å². The molecule has 0 unspecified atom stereocenters. The van der Waals surface area contributed by atoms with Crippen LogP contribution in [0.1, 0.15) is 16.7 Å². The van der Waals surface area contributed by atoms with Crippen LogP contribution in [0.15, 0.2) is 36.4 Å². The lowest BCUT2D eigenvalue weighted by molar-refractivity contribution is 1.38. The van der Waals surface area contributed by atoms with Gasteiger partial charge in [0.1, 0.15) is 6.07 Å². The predicted octanol–water partition coefficient (Wildman–Crippen LogP) is 3.42. The van der Waals surface area contributed by atoms with Gasteiger partial charge in [-0.1, -0.05) is 35.9 Å². The van der Waals surface area contributed by atoms with Crippen molar-refractivity contribution in [3.8, 4) is 17.2 Å². The Bertz CT molecular complexity index is 590. The van der Waals surface area contributed by atoms with E-state index < -0.39 is 0 Å². The highest BCUT2D eigenvalue weighted by atomic mass is 14.6. The third-order valence-corrected chi connectivity index (χ3v) is 2.97. The van der Waals surface area contributed by atoms with Crippen LogP contribution in [0.5, 0.6) is 0 Å². The zero-order valence-corrected chi connectivity index (χ0v) is 9.99. The fourth-order valence-electron chi connectivity index (χ4n) is 1.93. The van der Waals surface area contributed by atoms with Gasteiger partial charge in [0.25, 0.3) is 0 Å². The molecule has 0 amide bonds. The smallest absolute Gasteiger partial charge is 0.102 e. The Morgan fingerprint density at radius 2 is 1.65 bits per heavy atom. The van der Waals surface area contributed by atoms with Crippen molar-refractivity contribution in [3.63, 3.8) is 0 Å². The maximum absolute atomic E-state index is 9.08. The highest BCUT2D eigenvalue weighted by Gasteiger charge is 2.08. The molecule has 0 aliphatic heterocycles. The van der Waals surface area contributed by atoms with E-state index in [0.29, 0.717) is 11.3 Å². The molecule has 0 heterocycles. The van der Waals surface area contributed by atoms with Crippen LogP contribution in [0.3, 0.4) is 0 Å².